The minimum atomic E-state index is 0.0721. The first-order chi connectivity index (χ1) is 13.4. The van der Waals surface area contributed by atoms with E-state index in [1.165, 1.54) is 11.8 Å². The number of rotatable bonds is 3. The molecule has 0 amide bonds. The predicted molar refractivity (Wildman–Crippen MR) is 111 cm³/mol. The van der Waals surface area contributed by atoms with E-state index in [0.717, 1.165) is 43.3 Å². The van der Waals surface area contributed by atoms with Gasteiger partial charge in [0.05, 0.1) is 23.9 Å². The molecular weight excluding hydrogens is 398 g/mol. The van der Waals surface area contributed by atoms with Crippen LogP contribution in [0.4, 0.5) is 17.5 Å². The number of anilines is 3. The molecule has 10 heteroatoms. The van der Waals surface area contributed by atoms with Crippen molar-refractivity contribution >= 4 is 40.8 Å². The number of piperidine rings is 1. The monoisotopic (exact) mass is 421 g/mol. The van der Waals surface area contributed by atoms with Crippen molar-refractivity contribution in [2.24, 2.45) is 11.1 Å². The standard InChI is InChI=1S/C18H24ClN7OS/c1-10-14(20)18(9-27-10)3-6-26(7-4-18)12-8-24-17(16(22)25-12)28-11-2-5-23-15(21)13(11)19/h2,5,8,10,14H,3-4,6-7,9,20H2,1H3,(H2,21,23)(H2,22,25)/t10-,14+/m1/s1. The SMILES string of the molecule is C[C@H]1OCC2(CCN(c3cnc(Sc4ccnc(N)c4Cl)c(N)n3)CC2)[C@H]1N. The van der Waals surface area contributed by atoms with Gasteiger partial charge in [-0.1, -0.05) is 23.4 Å². The summed E-state index contributed by atoms with van der Waals surface area (Å²) in [5.41, 5.74) is 18.4. The molecule has 2 saturated heterocycles. The summed E-state index contributed by atoms with van der Waals surface area (Å²) in [5.74, 6) is 1.42. The first-order valence-electron chi connectivity index (χ1n) is 9.22. The number of nitrogens with two attached hydrogens (primary N) is 3. The lowest BCUT2D eigenvalue weighted by Gasteiger charge is -2.41. The van der Waals surface area contributed by atoms with Gasteiger partial charge in [0.2, 0.25) is 0 Å². The average Bonchev–Trinajstić information content (AvgIpc) is 2.96. The number of hydrogen-bond acceptors (Lipinski definition) is 9. The lowest BCUT2D eigenvalue weighted by atomic mass is 9.73. The Bertz CT molecular complexity index is 875. The molecule has 150 valence electrons. The van der Waals surface area contributed by atoms with Crippen molar-refractivity contribution in [3.05, 3.63) is 23.5 Å². The zero-order chi connectivity index (χ0) is 19.9. The van der Waals surface area contributed by atoms with Crippen LogP contribution in [-0.2, 0) is 4.74 Å². The van der Waals surface area contributed by atoms with E-state index in [9.17, 15) is 0 Å². The second-order valence-electron chi connectivity index (χ2n) is 7.42. The molecule has 2 aliphatic rings. The molecule has 2 aromatic heterocycles. The Labute approximate surface area is 173 Å². The van der Waals surface area contributed by atoms with Gasteiger partial charge >= 0.3 is 0 Å². The third-order valence-electron chi connectivity index (χ3n) is 5.77. The average molecular weight is 422 g/mol. The van der Waals surface area contributed by atoms with Crippen molar-refractivity contribution in [3.8, 4) is 0 Å². The van der Waals surface area contributed by atoms with E-state index in [-0.39, 0.29) is 23.4 Å². The maximum absolute atomic E-state index is 6.39. The summed E-state index contributed by atoms with van der Waals surface area (Å²) in [6.07, 6.45) is 5.42. The number of ether oxygens (including phenoxy) is 1. The van der Waals surface area contributed by atoms with E-state index in [1.54, 1.807) is 18.5 Å². The van der Waals surface area contributed by atoms with Gasteiger partial charge in [-0.15, -0.1) is 0 Å². The van der Waals surface area contributed by atoms with Gasteiger partial charge < -0.3 is 26.8 Å². The number of aromatic nitrogens is 3. The van der Waals surface area contributed by atoms with Gasteiger partial charge in [0.1, 0.15) is 16.7 Å². The molecule has 0 bridgehead atoms. The van der Waals surface area contributed by atoms with Gasteiger partial charge in [-0.3, -0.25) is 0 Å². The highest BCUT2D eigenvalue weighted by Gasteiger charge is 2.47. The smallest absolute Gasteiger partial charge is 0.158 e. The lowest BCUT2D eigenvalue weighted by molar-refractivity contribution is 0.0974. The first-order valence-corrected chi connectivity index (χ1v) is 10.4. The van der Waals surface area contributed by atoms with E-state index < -0.39 is 0 Å². The molecule has 0 unspecified atom stereocenters. The normalized spacial score (nSPS) is 24.0. The molecule has 4 heterocycles. The molecule has 6 N–H and O–H groups in total. The van der Waals surface area contributed by atoms with E-state index in [0.29, 0.717) is 15.9 Å². The van der Waals surface area contributed by atoms with Crippen LogP contribution in [0, 0.1) is 5.41 Å². The van der Waals surface area contributed by atoms with Crippen LogP contribution >= 0.6 is 23.4 Å². The molecular formula is C18H24ClN7OS. The number of nitrogen functional groups attached to an aromatic ring is 2. The predicted octanol–water partition coefficient (Wildman–Crippen LogP) is 2.17. The van der Waals surface area contributed by atoms with E-state index in [2.05, 4.69) is 26.8 Å². The second kappa shape index (κ2) is 7.55. The number of hydrogen-bond donors (Lipinski definition) is 3. The van der Waals surface area contributed by atoms with Gasteiger partial charge in [-0.05, 0) is 25.8 Å². The van der Waals surface area contributed by atoms with Crippen molar-refractivity contribution in [2.75, 3.05) is 36.1 Å². The minimum Gasteiger partial charge on any atom is -0.382 e. The summed E-state index contributed by atoms with van der Waals surface area (Å²) in [7, 11) is 0. The number of pyridine rings is 1. The highest BCUT2D eigenvalue weighted by Crippen LogP contribution is 2.42. The maximum atomic E-state index is 6.39. The molecule has 8 nitrogen and oxygen atoms in total. The Hall–Kier alpha value is -1.81. The quantitative estimate of drug-likeness (QED) is 0.682. The van der Waals surface area contributed by atoms with Crippen LogP contribution in [0.25, 0.3) is 0 Å². The van der Waals surface area contributed by atoms with Crippen molar-refractivity contribution in [3.63, 3.8) is 0 Å². The highest BCUT2D eigenvalue weighted by molar-refractivity contribution is 7.99. The molecule has 0 aliphatic carbocycles. The third kappa shape index (κ3) is 3.47. The molecule has 2 aliphatic heterocycles. The van der Waals surface area contributed by atoms with Crippen molar-refractivity contribution in [1.82, 2.24) is 15.0 Å². The van der Waals surface area contributed by atoms with Crippen molar-refractivity contribution < 1.29 is 4.74 Å². The Morgan fingerprint density at radius 2 is 2.00 bits per heavy atom. The van der Waals surface area contributed by atoms with Crippen LogP contribution in [0.1, 0.15) is 19.8 Å². The van der Waals surface area contributed by atoms with Crippen LogP contribution in [-0.4, -0.2) is 46.8 Å². The lowest BCUT2D eigenvalue weighted by Crippen LogP contribution is -2.50. The van der Waals surface area contributed by atoms with Gasteiger partial charge in [0.25, 0.3) is 0 Å². The maximum Gasteiger partial charge on any atom is 0.158 e. The third-order valence-corrected chi connectivity index (χ3v) is 7.35. The molecule has 0 saturated carbocycles. The summed E-state index contributed by atoms with van der Waals surface area (Å²) in [6.45, 7) is 4.51. The van der Waals surface area contributed by atoms with Gasteiger partial charge in [0.15, 0.2) is 5.82 Å². The van der Waals surface area contributed by atoms with Crippen LogP contribution in [0.5, 0.6) is 0 Å². The van der Waals surface area contributed by atoms with Crippen LogP contribution < -0.4 is 22.1 Å². The molecule has 0 aromatic carbocycles. The Balaban J connectivity index is 1.46. The highest BCUT2D eigenvalue weighted by atomic mass is 35.5. The van der Waals surface area contributed by atoms with Gasteiger partial charge in [-0.2, -0.15) is 0 Å². The fraction of sp³-hybridized carbons (Fsp3) is 0.500. The Kier molecular flexibility index (Phi) is 5.26. The minimum absolute atomic E-state index is 0.0721. The largest absolute Gasteiger partial charge is 0.382 e. The fourth-order valence-electron chi connectivity index (χ4n) is 3.89. The Morgan fingerprint density at radius 1 is 1.25 bits per heavy atom. The van der Waals surface area contributed by atoms with E-state index in [4.69, 9.17) is 33.5 Å². The summed E-state index contributed by atoms with van der Waals surface area (Å²) < 4.78 is 5.79. The fourth-order valence-corrected chi connectivity index (χ4v) is 4.91. The summed E-state index contributed by atoms with van der Waals surface area (Å²) in [5, 5.41) is 0.980. The number of nitrogens with zero attached hydrogens (tertiary/aromatic N) is 4. The van der Waals surface area contributed by atoms with Gasteiger partial charge in [-0.25, -0.2) is 15.0 Å². The van der Waals surface area contributed by atoms with E-state index >= 15 is 0 Å². The topological polar surface area (TPSA) is 129 Å². The molecule has 28 heavy (non-hydrogen) atoms. The second-order valence-corrected chi connectivity index (χ2v) is 8.83. The van der Waals surface area contributed by atoms with Crippen LogP contribution in [0.3, 0.4) is 0 Å². The zero-order valence-electron chi connectivity index (χ0n) is 15.6. The van der Waals surface area contributed by atoms with Crippen LogP contribution in [0.2, 0.25) is 5.02 Å². The molecule has 2 aromatic rings. The van der Waals surface area contributed by atoms with Crippen molar-refractivity contribution in [1.29, 1.82) is 0 Å². The Morgan fingerprint density at radius 3 is 2.64 bits per heavy atom. The summed E-state index contributed by atoms with van der Waals surface area (Å²) in [6, 6.07) is 1.86. The first kappa shape index (κ1) is 19.5. The number of halogens is 1. The summed E-state index contributed by atoms with van der Waals surface area (Å²) >= 11 is 7.53. The van der Waals surface area contributed by atoms with Crippen LogP contribution in [0.15, 0.2) is 28.4 Å². The van der Waals surface area contributed by atoms with Crippen molar-refractivity contribution in [2.45, 2.75) is 41.8 Å². The molecule has 4 rings (SSSR count). The van der Waals surface area contributed by atoms with E-state index in [1.807, 2.05) is 0 Å². The molecule has 2 atom stereocenters. The molecule has 2 fully saturated rings. The molecule has 1 spiro atoms. The molecule has 0 radical (unpaired) electrons. The van der Waals surface area contributed by atoms with Gasteiger partial charge in [0, 0.05) is 35.6 Å². The summed E-state index contributed by atoms with van der Waals surface area (Å²) in [4.78, 5) is 16.0. The zero-order valence-corrected chi connectivity index (χ0v) is 17.2.